The fourth-order valence-corrected chi connectivity index (χ4v) is 2.24. The Morgan fingerprint density at radius 2 is 1.78 bits per heavy atom. The summed E-state index contributed by atoms with van der Waals surface area (Å²) >= 11 is 0. The second-order valence-corrected chi connectivity index (χ2v) is 5.01. The molecule has 2 heterocycles. The third kappa shape index (κ3) is 3.90. The van der Waals surface area contributed by atoms with Gasteiger partial charge in [0.05, 0.1) is 13.3 Å². The number of rotatable bonds is 6. The van der Waals surface area contributed by atoms with Crippen LogP contribution in [0.15, 0.2) is 60.9 Å². The zero-order chi connectivity index (χ0) is 15.9. The highest BCUT2D eigenvalue weighted by molar-refractivity contribution is 5.49. The van der Waals surface area contributed by atoms with Crippen LogP contribution in [0.5, 0.6) is 5.75 Å². The lowest BCUT2D eigenvalue weighted by Gasteiger charge is -2.10. The fraction of sp³-hybridized carbons (Fsp3) is 0.167. The predicted octanol–water partition coefficient (Wildman–Crippen LogP) is 2.84. The summed E-state index contributed by atoms with van der Waals surface area (Å²) in [4.78, 5) is 13.2. The summed E-state index contributed by atoms with van der Waals surface area (Å²) in [6, 6.07) is 15.9. The molecule has 3 aromatic rings. The molecule has 23 heavy (non-hydrogen) atoms. The summed E-state index contributed by atoms with van der Waals surface area (Å²) in [5.41, 5.74) is 2.80. The average molecular weight is 306 g/mol. The molecule has 3 rings (SSSR count). The van der Waals surface area contributed by atoms with Gasteiger partial charge in [0.25, 0.3) is 0 Å². The highest BCUT2D eigenvalue weighted by Crippen LogP contribution is 2.19. The zero-order valence-corrected chi connectivity index (χ0v) is 12.9. The van der Waals surface area contributed by atoms with E-state index in [1.165, 1.54) is 5.56 Å². The van der Waals surface area contributed by atoms with Gasteiger partial charge in [-0.25, -0.2) is 9.97 Å². The molecule has 0 spiro atoms. The lowest BCUT2D eigenvalue weighted by Crippen LogP contribution is -2.15. The van der Waals surface area contributed by atoms with Crippen LogP contribution < -0.4 is 10.1 Å². The summed E-state index contributed by atoms with van der Waals surface area (Å²) in [6.45, 7) is 1.37. The van der Waals surface area contributed by atoms with Crippen LogP contribution in [0.1, 0.15) is 11.3 Å². The first-order valence-electron chi connectivity index (χ1n) is 7.43. The predicted molar refractivity (Wildman–Crippen MR) is 88.8 cm³/mol. The van der Waals surface area contributed by atoms with E-state index >= 15 is 0 Å². The number of hydrogen-bond acceptors (Lipinski definition) is 5. The van der Waals surface area contributed by atoms with E-state index in [4.69, 9.17) is 4.74 Å². The van der Waals surface area contributed by atoms with E-state index in [-0.39, 0.29) is 0 Å². The van der Waals surface area contributed by atoms with Crippen molar-refractivity contribution in [1.29, 1.82) is 0 Å². The molecular weight excluding hydrogens is 288 g/mol. The van der Waals surface area contributed by atoms with Crippen molar-refractivity contribution in [2.45, 2.75) is 13.1 Å². The Balaban J connectivity index is 1.74. The van der Waals surface area contributed by atoms with E-state index < -0.39 is 0 Å². The molecule has 0 saturated heterocycles. The van der Waals surface area contributed by atoms with E-state index in [0.29, 0.717) is 18.1 Å². The Morgan fingerprint density at radius 1 is 0.957 bits per heavy atom. The number of methoxy groups -OCH3 is 1. The van der Waals surface area contributed by atoms with Gasteiger partial charge in [-0.3, -0.25) is 4.98 Å². The van der Waals surface area contributed by atoms with Crippen LogP contribution in [-0.2, 0) is 13.1 Å². The van der Waals surface area contributed by atoms with E-state index in [1.807, 2.05) is 36.4 Å². The molecule has 5 heteroatoms. The summed E-state index contributed by atoms with van der Waals surface area (Å²) in [6.07, 6.45) is 3.42. The first kappa shape index (κ1) is 15.1. The number of nitrogens with zero attached hydrogens (tertiary/aromatic N) is 3. The Labute approximate surface area is 135 Å². The third-order valence-corrected chi connectivity index (χ3v) is 3.41. The quantitative estimate of drug-likeness (QED) is 0.759. The van der Waals surface area contributed by atoms with E-state index in [0.717, 1.165) is 17.9 Å². The molecule has 0 amide bonds. The van der Waals surface area contributed by atoms with Gasteiger partial charge in [0.1, 0.15) is 11.4 Å². The number of pyridine rings is 1. The van der Waals surface area contributed by atoms with Crippen LogP contribution in [0.4, 0.5) is 0 Å². The normalized spacial score (nSPS) is 10.5. The minimum atomic E-state index is 0.598. The molecule has 0 radical (unpaired) electrons. The molecule has 2 aromatic heterocycles. The van der Waals surface area contributed by atoms with Crippen LogP contribution in [0.2, 0.25) is 0 Å². The number of ether oxygens (including phenoxy) is 1. The lowest BCUT2D eigenvalue weighted by atomic mass is 10.2. The molecule has 0 aliphatic heterocycles. The van der Waals surface area contributed by atoms with Crippen molar-refractivity contribution < 1.29 is 4.74 Å². The van der Waals surface area contributed by atoms with Gasteiger partial charge in [-0.1, -0.05) is 36.4 Å². The van der Waals surface area contributed by atoms with Gasteiger partial charge in [-0.15, -0.1) is 0 Å². The number of aromatic nitrogens is 3. The number of benzene rings is 1. The van der Waals surface area contributed by atoms with Gasteiger partial charge >= 0.3 is 0 Å². The molecule has 0 atom stereocenters. The number of nitrogens with one attached hydrogen (secondary N) is 1. The lowest BCUT2D eigenvalue weighted by molar-refractivity contribution is 0.402. The molecule has 0 fully saturated rings. The first-order chi connectivity index (χ1) is 11.4. The molecule has 0 saturated carbocycles. The second kappa shape index (κ2) is 7.47. The topological polar surface area (TPSA) is 59.9 Å². The van der Waals surface area contributed by atoms with Crippen LogP contribution >= 0.6 is 0 Å². The second-order valence-electron chi connectivity index (χ2n) is 5.01. The maximum absolute atomic E-state index is 5.35. The molecule has 0 unspecified atom stereocenters. The van der Waals surface area contributed by atoms with Crippen molar-refractivity contribution in [3.8, 4) is 17.3 Å². The van der Waals surface area contributed by atoms with Crippen LogP contribution in [0.3, 0.4) is 0 Å². The maximum atomic E-state index is 5.35. The Morgan fingerprint density at radius 3 is 2.52 bits per heavy atom. The van der Waals surface area contributed by atoms with Crippen LogP contribution in [0.25, 0.3) is 11.5 Å². The summed E-state index contributed by atoms with van der Waals surface area (Å²) in [5, 5.41) is 3.38. The smallest absolute Gasteiger partial charge is 0.178 e. The van der Waals surface area contributed by atoms with E-state index in [2.05, 4.69) is 32.4 Å². The summed E-state index contributed by atoms with van der Waals surface area (Å²) in [7, 11) is 1.62. The molecule has 116 valence electrons. The highest BCUT2D eigenvalue weighted by atomic mass is 16.5. The van der Waals surface area contributed by atoms with Crippen molar-refractivity contribution in [3.63, 3.8) is 0 Å². The highest BCUT2D eigenvalue weighted by Gasteiger charge is 2.09. The van der Waals surface area contributed by atoms with Crippen molar-refractivity contribution in [1.82, 2.24) is 20.3 Å². The molecule has 1 aromatic carbocycles. The fourth-order valence-electron chi connectivity index (χ4n) is 2.24. The van der Waals surface area contributed by atoms with Gasteiger partial charge in [0.15, 0.2) is 11.6 Å². The van der Waals surface area contributed by atoms with E-state index in [9.17, 15) is 0 Å². The molecule has 1 N–H and O–H groups in total. The van der Waals surface area contributed by atoms with Crippen molar-refractivity contribution in [2.24, 2.45) is 0 Å². The van der Waals surface area contributed by atoms with Gasteiger partial charge in [-0.05, 0) is 17.7 Å². The van der Waals surface area contributed by atoms with Crippen molar-refractivity contribution >= 4 is 0 Å². The molecular formula is C18H18N4O. The van der Waals surface area contributed by atoms with Gasteiger partial charge in [0, 0.05) is 19.3 Å². The minimum Gasteiger partial charge on any atom is -0.493 e. The maximum Gasteiger partial charge on any atom is 0.178 e. The SMILES string of the molecule is COc1cnc(-c2ccccn2)nc1CNCc1ccccc1. The van der Waals surface area contributed by atoms with E-state index in [1.54, 1.807) is 19.5 Å². The van der Waals surface area contributed by atoms with Crippen molar-refractivity contribution in [2.75, 3.05) is 7.11 Å². The van der Waals surface area contributed by atoms with Crippen LogP contribution in [-0.4, -0.2) is 22.1 Å². The minimum absolute atomic E-state index is 0.598. The van der Waals surface area contributed by atoms with Gasteiger partial charge in [0.2, 0.25) is 0 Å². The van der Waals surface area contributed by atoms with Gasteiger partial charge in [-0.2, -0.15) is 0 Å². The number of hydrogen-bond donors (Lipinski definition) is 1. The monoisotopic (exact) mass is 306 g/mol. The molecule has 5 nitrogen and oxygen atoms in total. The van der Waals surface area contributed by atoms with Crippen LogP contribution in [0, 0.1) is 0 Å². The average Bonchev–Trinajstić information content (AvgIpc) is 2.63. The largest absolute Gasteiger partial charge is 0.493 e. The third-order valence-electron chi connectivity index (χ3n) is 3.41. The summed E-state index contributed by atoms with van der Waals surface area (Å²) in [5.74, 6) is 1.27. The Hall–Kier alpha value is -2.79. The molecule has 0 aliphatic carbocycles. The van der Waals surface area contributed by atoms with Gasteiger partial charge < -0.3 is 10.1 Å². The standard InChI is InChI=1S/C18H18N4O/c1-23-17-13-21-18(15-9-5-6-10-20-15)22-16(17)12-19-11-14-7-3-2-4-8-14/h2-10,13,19H,11-12H2,1H3. The molecule has 0 aliphatic rings. The Bertz CT molecular complexity index is 747. The molecule has 0 bridgehead atoms. The Kier molecular flexibility index (Phi) is 4.91. The van der Waals surface area contributed by atoms with Crippen molar-refractivity contribution in [3.05, 3.63) is 72.2 Å². The first-order valence-corrected chi connectivity index (χ1v) is 7.43. The summed E-state index contributed by atoms with van der Waals surface area (Å²) < 4.78 is 5.35. The zero-order valence-electron chi connectivity index (χ0n) is 12.9.